The van der Waals surface area contributed by atoms with E-state index in [0.717, 1.165) is 5.28 Å². The maximum absolute atomic E-state index is 11.0. The van der Waals surface area contributed by atoms with E-state index in [1.54, 1.807) is 0 Å². The molecule has 1 aromatic carbocycles. The lowest BCUT2D eigenvalue weighted by Crippen LogP contribution is -2.34. The third-order valence-electron chi connectivity index (χ3n) is 1.71. The van der Waals surface area contributed by atoms with Crippen molar-refractivity contribution in [2.75, 3.05) is 5.43 Å². The standard InChI is InChI=1S/C6H8N4O3S/c7-10-9-5-3-4(14(8,11)12)1-2-6(5)13-10/h1-3,9H,7H2,(H2,8,11,12). The van der Waals surface area contributed by atoms with E-state index in [1.165, 1.54) is 18.2 Å². The van der Waals surface area contributed by atoms with Gasteiger partial charge in [-0.3, -0.25) is 5.43 Å². The molecule has 0 spiro atoms. The fourth-order valence-electron chi connectivity index (χ4n) is 1.10. The quantitative estimate of drug-likeness (QED) is 0.527. The number of hydrazine groups is 2. The van der Waals surface area contributed by atoms with Gasteiger partial charge in [0.2, 0.25) is 10.0 Å². The van der Waals surface area contributed by atoms with E-state index in [-0.39, 0.29) is 4.90 Å². The second-order valence-electron chi connectivity index (χ2n) is 2.73. The van der Waals surface area contributed by atoms with E-state index in [9.17, 15) is 8.42 Å². The summed E-state index contributed by atoms with van der Waals surface area (Å²) >= 11 is 0. The van der Waals surface area contributed by atoms with Crippen molar-refractivity contribution in [2.45, 2.75) is 4.90 Å². The average molecular weight is 216 g/mol. The predicted octanol–water partition coefficient (Wildman–Crippen LogP) is -0.856. The summed E-state index contributed by atoms with van der Waals surface area (Å²) in [7, 11) is -3.70. The number of anilines is 1. The Labute approximate surface area is 80.2 Å². The van der Waals surface area contributed by atoms with Gasteiger partial charge in [0, 0.05) is 5.28 Å². The largest absolute Gasteiger partial charge is 0.369 e. The van der Waals surface area contributed by atoms with Gasteiger partial charge in [-0.15, -0.1) is 0 Å². The number of sulfonamides is 1. The molecule has 0 unspecified atom stereocenters. The van der Waals surface area contributed by atoms with Crippen LogP contribution < -0.4 is 21.2 Å². The molecule has 0 amide bonds. The topological polar surface area (TPSA) is 111 Å². The Kier molecular flexibility index (Phi) is 1.86. The summed E-state index contributed by atoms with van der Waals surface area (Å²) in [5.41, 5.74) is 3.04. The summed E-state index contributed by atoms with van der Waals surface area (Å²) in [6.45, 7) is 0. The summed E-state index contributed by atoms with van der Waals surface area (Å²) in [5, 5.41) is 5.82. The third kappa shape index (κ3) is 1.51. The van der Waals surface area contributed by atoms with Crippen LogP contribution in [0.15, 0.2) is 23.1 Å². The molecule has 76 valence electrons. The molecule has 5 N–H and O–H groups in total. The number of nitrogens with one attached hydrogen (secondary N) is 1. The van der Waals surface area contributed by atoms with Crippen molar-refractivity contribution < 1.29 is 13.3 Å². The van der Waals surface area contributed by atoms with E-state index in [1.807, 2.05) is 0 Å². The molecule has 1 aliphatic heterocycles. The normalized spacial score (nSPS) is 15.9. The molecule has 0 saturated heterocycles. The minimum absolute atomic E-state index is 0.00245. The number of hydrogen-bond donors (Lipinski definition) is 3. The van der Waals surface area contributed by atoms with Crippen molar-refractivity contribution in [2.24, 2.45) is 11.0 Å². The van der Waals surface area contributed by atoms with Gasteiger partial charge >= 0.3 is 0 Å². The number of nitrogens with zero attached hydrogens (tertiary/aromatic N) is 1. The third-order valence-corrected chi connectivity index (χ3v) is 2.62. The van der Waals surface area contributed by atoms with Gasteiger partial charge < -0.3 is 4.84 Å². The summed E-state index contributed by atoms with van der Waals surface area (Å²) < 4.78 is 22.0. The molecule has 0 aromatic heterocycles. The number of hydrogen-bond acceptors (Lipinski definition) is 6. The molecule has 1 heterocycles. The first-order valence-electron chi connectivity index (χ1n) is 3.63. The highest BCUT2D eigenvalue weighted by atomic mass is 32.2. The SMILES string of the molecule is NN1Nc2cc(S(N)(=O)=O)ccc2O1. The number of rotatable bonds is 1. The Hall–Kier alpha value is -1.35. The Morgan fingerprint density at radius 3 is 2.79 bits per heavy atom. The van der Waals surface area contributed by atoms with Crippen LogP contribution in [0.5, 0.6) is 5.75 Å². The Morgan fingerprint density at radius 2 is 2.14 bits per heavy atom. The van der Waals surface area contributed by atoms with Crippen LogP contribution in [0, 0.1) is 0 Å². The Morgan fingerprint density at radius 1 is 1.43 bits per heavy atom. The maximum Gasteiger partial charge on any atom is 0.238 e. The lowest BCUT2D eigenvalue weighted by molar-refractivity contribution is -0.0150. The summed E-state index contributed by atoms with van der Waals surface area (Å²) in [5.74, 6) is 5.71. The average Bonchev–Trinajstić information content (AvgIpc) is 2.41. The zero-order chi connectivity index (χ0) is 10.3. The fourth-order valence-corrected chi connectivity index (χ4v) is 1.64. The van der Waals surface area contributed by atoms with Gasteiger partial charge in [0.25, 0.3) is 0 Å². The van der Waals surface area contributed by atoms with Crippen LogP contribution in [0.3, 0.4) is 0 Å². The highest BCUT2D eigenvalue weighted by Crippen LogP contribution is 2.31. The van der Waals surface area contributed by atoms with Crippen molar-refractivity contribution in [3.8, 4) is 5.75 Å². The van der Waals surface area contributed by atoms with Crippen LogP contribution in [-0.2, 0) is 10.0 Å². The van der Waals surface area contributed by atoms with Crippen molar-refractivity contribution in [3.05, 3.63) is 18.2 Å². The Balaban J connectivity index is 2.48. The van der Waals surface area contributed by atoms with Crippen LogP contribution in [0.1, 0.15) is 0 Å². The zero-order valence-electron chi connectivity index (χ0n) is 6.97. The zero-order valence-corrected chi connectivity index (χ0v) is 7.78. The predicted molar refractivity (Wildman–Crippen MR) is 48.1 cm³/mol. The molecule has 0 bridgehead atoms. The van der Waals surface area contributed by atoms with E-state index >= 15 is 0 Å². The minimum atomic E-state index is -3.70. The van der Waals surface area contributed by atoms with Gasteiger partial charge in [0.1, 0.15) is 0 Å². The maximum atomic E-state index is 11.0. The number of primary sulfonamides is 1. The fraction of sp³-hybridized carbons (Fsp3) is 0. The number of benzene rings is 1. The van der Waals surface area contributed by atoms with Gasteiger partial charge in [-0.25, -0.2) is 19.4 Å². The van der Waals surface area contributed by atoms with Crippen LogP contribution >= 0.6 is 0 Å². The van der Waals surface area contributed by atoms with E-state index in [2.05, 4.69) is 5.43 Å². The molecule has 0 fully saturated rings. The molecule has 2 rings (SSSR count). The first kappa shape index (κ1) is 9.21. The highest BCUT2D eigenvalue weighted by Gasteiger charge is 2.19. The van der Waals surface area contributed by atoms with Gasteiger partial charge in [0.05, 0.1) is 10.6 Å². The van der Waals surface area contributed by atoms with E-state index < -0.39 is 10.0 Å². The van der Waals surface area contributed by atoms with Gasteiger partial charge in [-0.1, -0.05) is 0 Å². The summed E-state index contributed by atoms with van der Waals surface area (Å²) in [6, 6.07) is 4.15. The van der Waals surface area contributed by atoms with Crippen molar-refractivity contribution >= 4 is 15.7 Å². The van der Waals surface area contributed by atoms with Gasteiger partial charge in [0.15, 0.2) is 5.75 Å². The smallest absolute Gasteiger partial charge is 0.238 e. The van der Waals surface area contributed by atoms with Crippen molar-refractivity contribution in [3.63, 3.8) is 0 Å². The minimum Gasteiger partial charge on any atom is -0.369 e. The van der Waals surface area contributed by atoms with Crippen LogP contribution in [-0.4, -0.2) is 13.7 Å². The monoisotopic (exact) mass is 216 g/mol. The first-order chi connectivity index (χ1) is 6.47. The van der Waals surface area contributed by atoms with Gasteiger partial charge in [-0.2, -0.15) is 0 Å². The molecule has 1 aromatic rings. The number of fused-ring (bicyclic) bond motifs is 1. The molecule has 0 atom stereocenters. The molecule has 1 aliphatic rings. The van der Waals surface area contributed by atoms with Gasteiger partial charge in [-0.05, 0) is 18.2 Å². The van der Waals surface area contributed by atoms with E-state index in [4.69, 9.17) is 15.8 Å². The molecule has 0 aliphatic carbocycles. The number of nitrogens with two attached hydrogens (primary N) is 2. The second kappa shape index (κ2) is 2.82. The summed E-state index contributed by atoms with van der Waals surface area (Å²) in [6.07, 6.45) is 0. The lowest BCUT2D eigenvalue weighted by atomic mass is 10.3. The molecular formula is C6H8N4O3S. The summed E-state index contributed by atoms with van der Waals surface area (Å²) in [4.78, 5) is 4.94. The molecule has 7 nitrogen and oxygen atoms in total. The van der Waals surface area contributed by atoms with Crippen molar-refractivity contribution in [1.29, 1.82) is 0 Å². The lowest BCUT2D eigenvalue weighted by Gasteiger charge is -2.03. The van der Waals surface area contributed by atoms with Crippen LogP contribution in [0.2, 0.25) is 0 Å². The second-order valence-corrected chi connectivity index (χ2v) is 4.29. The first-order valence-corrected chi connectivity index (χ1v) is 5.18. The Bertz CT molecular complexity index is 472. The highest BCUT2D eigenvalue weighted by molar-refractivity contribution is 7.89. The molecule has 0 saturated carbocycles. The van der Waals surface area contributed by atoms with E-state index in [0.29, 0.717) is 11.4 Å². The van der Waals surface area contributed by atoms with Crippen molar-refractivity contribution in [1.82, 2.24) is 5.28 Å². The molecule has 8 heteroatoms. The molecule has 14 heavy (non-hydrogen) atoms. The van der Waals surface area contributed by atoms with Crippen LogP contribution in [0.4, 0.5) is 5.69 Å². The molecule has 0 radical (unpaired) electrons. The van der Waals surface area contributed by atoms with Crippen LogP contribution in [0.25, 0.3) is 0 Å². The molecular weight excluding hydrogens is 208 g/mol.